The molecule has 3 aromatic rings. The number of para-hydroxylation sites is 1. The molecule has 3 heteroatoms. The van der Waals surface area contributed by atoms with Crippen molar-refractivity contribution in [2.24, 2.45) is 0 Å². The maximum Gasteiger partial charge on any atom is 0.119 e. The number of rotatable bonds is 3. The third-order valence-electron chi connectivity index (χ3n) is 6.16. The van der Waals surface area contributed by atoms with Gasteiger partial charge in [-0.2, -0.15) is 0 Å². The molecule has 3 nitrogen and oxygen atoms in total. The number of benzene rings is 2. The zero-order valence-electron chi connectivity index (χ0n) is 15.9. The van der Waals surface area contributed by atoms with Crippen molar-refractivity contribution in [1.82, 2.24) is 4.98 Å². The van der Waals surface area contributed by atoms with E-state index in [1.54, 1.807) is 7.11 Å². The monoisotopic (exact) mass is 358 g/mol. The number of hydrogen-bond donors (Lipinski definition) is 1. The Labute approximate surface area is 160 Å². The summed E-state index contributed by atoms with van der Waals surface area (Å²) in [6.45, 7) is 0. The zero-order chi connectivity index (χ0) is 18.2. The molecule has 27 heavy (non-hydrogen) atoms. The lowest BCUT2D eigenvalue weighted by atomic mass is 9.86. The van der Waals surface area contributed by atoms with Gasteiger partial charge in [0.15, 0.2) is 0 Å². The van der Waals surface area contributed by atoms with Gasteiger partial charge in [-0.1, -0.05) is 37.5 Å². The van der Waals surface area contributed by atoms with Crippen LogP contribution in [0.5, 0.6) is 5.75 Å². The molecule has 0 saturated heterocycles. The molecule has 0 amide bonds. The third-order valence-corrected chi connectivity index (χ3v) is 6.16. The van der Waals surface area contributed by atoms with Gasteiger partial charge in [0, 0.05) is 28.2 Å². The lowest BCUT2D eigenvalue weighted by Crippen LogP contribution is -2.24. The summed E-state index contributed by atoms with van der Waals surface area (Å²) in [4.78, 5) is 5.09. The molecular weight excluding hydrogens is 332 g/mol. The van der Waals surface area contributed by atoms with Crippen LogP contribution in [0.15, 0.2) is 42.5 Å². The highest BCUT2D eigenvalue weighted by Gasteiger charge is 2.24. The van der Waals surface area contributed by atoms with E-state index in [1.807, 2.05) is 0 Å². The van der Waals surface area contributed by atoms with Crippen LogP contribution in [-0.2, 0) is 12.8 Å². The summed E-state index contributed by atoms with van der Waals surface area (Å²) in [7, 11) is 1.73. The predicted molar refractivity (Wildman–Crippen MR) is 112 cm³/mol. The van der Waals surface area contributed by atoms with Gasteiger partial charge in [-0.25, -0.2) is 4.98 Å². The zero-order valence-corrected chi connectivity index (χ0v) is 15.9. The first-order valence-corrected chi connectivity index (χ1v) is 10.2. The Morgan fingerprint density at radius 2 is 1.85 bits per heavy atom. The van der Waals surface area contributed by atoms with E-state index in [2.05, 4.69) is 47.8 Å². The number of pyridine rings is 1. The summed E-state index contributed by atoms with van der Waals surface area (Å²) in [5.74, 6) is 0.929. The van der Waals surface area contributed by atoms with Gasteiger partial charge in [0.2, 0.25) is 0 Å². The number of nitrogens with zero attached hydrogens (tertiary/aromatic N) is 1. The van der Waals surface area contributed by atoms with Crippen molar-refractivity contribution < 1.29 is 4.74 Å². The molecule has 0 radical (unpaired) electrons. The average Bonchev–Trinajstić information content (AvgIpc) is 2.73. The number of hydrogen-bond acceptors (Lipinski definition) is 3. The summed E-state index contributed by atoms with van der Waals surface area (Å²) in [5.41, 5.74) is 7.54. The number of ether oxygens (including phenoxy) is 1. The quantitative estimate of drug-likeness (QED) is 0.647. The number of anilines is 1. The Balaban J connectivity index is 1.67. The fourth-order valence-electron chi connectivity index (χ4n) is 4.73. The molecule has 1 heterocycles. The molecular formula is C24H26N2O. The molecule has 5 rings (SSSR count). The van der Waals surface area contributed by atoms with Gasteiger partial charge >= 0.3 is 0 Å². The highest BCUT2D eigenvalue weighted by Crippen LogP contribution is 2.41. The van der Waals surface area contributed by atoms with E-state index in [4.69, 9.17) is 9.72 Å². The molecule has 0 unspecified atom stereocenters. The van der Waals surface area contributed by atoms with Crippen LogP contribution in [0.2, 0.25) is 0 Å². The van der Waals surface area contributed by atoms with Crippen molar-refractivity contribution in [2.45, 2.75) is 51.0 Å². The number of nitrogens with one attached hydrogen (secondary N) is 1. The number of aromatic nitrogens is 1. The molecule has 0 aliphatic heterocycles. The molecule has 2 aliphatic carbocycles. The van der Waals surface area contributed by atoms with Crippen molar-refractivity contribution in [3.05, 3.63) is 53.6 Å². The smallest absolute Gasteiger partial charge is 0.119 e. The molecule has 2 aliphatic rings. The number of methoxy groups -OCH3 is 1. The Kier molecular flexibility index (Phi) is 4.23. The Morgan fingerprint density at radius 3 is 2.70 bits per heavy atom. The van der Waals surface area contributed by atoms with Crippen LogP contribution in [0.1, 0.15) is 43.2 Å². The second-order valence-corrected chi connectivity index (χ2v) is 7.83. The minimum atomic E-state index is 0.589. The molecule has 0 bridgehead atoms. The van der Waals surface area contributed by atoms with Gasteiger partial charge in [0.1, 0.15) is 5.75 Å². The van der Waals surface area contributed by atoms with E-state index in [-0.39, 0.29) is 0 Å². The van der Waals surface area contributed by atoms with Crippen LogP contribution < -0.4 is 10.1 Å². The van der Waals surface area contributed by atoms with Crippen molar-refractivity contribution in [1.29, 1.82) is 0 Å². The second kappa shape index (κ2) is 6.88. The highest BCUT2D eigenvalue weighted by molar-refractivity contribution is 5.97. The first-order chi connectivity index (χ1) is 13.3. The van der Waals surface area contributed by atoms with Crippen molar-refractivity contribution >= 4 is 16.6 Å². The van der Waals surface area contributed by atoms with Crippen LogP contribution in [0.3, 0.4) is 0 Å². The van der Waals surface area contributed by atoms with Gasteiger partial charge in [0.05, 0.1) is 18.3 Å². The van der Waals surface area contributed by atoms with E-state index in [1.165, 1.54) is 59.9 Å². The molecule has 2 aromatic carbocycles. The van der Waals surface area contributed by atoms with E-state index in [9.17, 15) is 0 Å². The van der Waals surface area contributed by atoms with E-state index in [0.717, 1.165) is 29.8 Å². The second-order valence-electron chi connectivity index (χ2n) is 7.83. The van der Waals surface area contributed by atoms with Gasteiger partial charge in [-0.05, 0) is 55.5 Å². The largest absolute Gasteiger partial charge is 0.497 e. The Hall–Kier alpha value is -2.55. The predicted octanol–water partition coefficient (Wildman–Crippen LogP) is 5.75. The molecule has 1 aromatic heterocycles. The molecule has 1 fully saturated rings. The fraction of sp³-hybridized carbons (Fsp3) is 0.375. The molecule has 0 atom stereocenters. The van der Waals surface area contributed by atoms with E-state index >= 15 is 0 Å². The number of aryl methyl sites for hydroxylation is 1. The number of fused-ring (bicyclic) bond motifs is 4. The van der Waals surface area contributed by atoms with Crippen molar-refractivity contribution in [2.75, 3.05) is 12.4 Å². The minimum Gasteiger partial charge on any atom is -0.497 e. The first kappa shape index (κ1) is 16.6. The van der Waals surface area contributed by atoms with Crippen LogP contribution >= 0.6 is 0 Å². The van der Waals surface area contributed by atoms with E-state index in [0.29, 0.717) is 6.04 Å². The van der Waals surface area contributed by atoms with Crippen LogP contribution in [0.4, 0.5) is 5.69 Å². The van der Waals surface area contributed by atoms with Crippen LogP contribution in [0, 0.1) is 0 Å². The SMILES string of the molecule is COc1ccc2c(c1)CCc1c-2nc2ccccc2c1NC1CCCCC1. The lowest BCUT2D eigenvalue weighted by molar-refractivity contribution is 0.414. The summed E-state index contributed by atoms with van der Waals surface area (Å²) >= 11 is 0. The van der Waals surface area contributed by atoms with E-state index < -0.39 is 0 Å². The first-order valence-electron chi connectivity index (χ1n) is 10.2. The van der Waals surface area contributed by atoms with Gasteiger partial charge in [-0.3, -0.25) is 0 Å². The molecule has 0 spiro atoms. The fourth-order valence-corrected chi connectivity index (χ4v) is 4.73. The normalized spacial score (nSPS) is 16.6. The third kappa shape index (κ3) is 2.95. The van der Waals surface area contributed by atoms with Crippen LogP contribution in [0.25, 0.3) is 22.2 Å². The topological polar surface area (TPSA) is 34.1 Å². The Morgan fingerprint density at radius 1 is 1.00 bits per heavy atom. The lowest BCUT2D eigenvalue weighted by Gasteiger charge is -2.29. The summed E-state index contributed by atoms with van der Waals surface area (Å²) < 4.78 is 5.43. The standard InChI is InChI=1S/C24H26N2O/c1-27-18-12-14-19-16(15-18)11-13-21-23(19)26-22-10-6-5-9-20(22)24(21)25-17-7-3-2-4-8-17/h5-6,9-10,12,14-15,17H,2-4,7-8,11,13H2,1H3,(H,25,26). The molecule has 1 saturated carbocycles. The minimum absolute atomic E-state index is 0.589. The van der Waals surface area contributed by atoms with Crippen molar-refractivity contribution in [3.63, 3.8) is 0 Å². The van der Waals surface area contributed by atoms with Crippen LogP contribution in [-0.4, -0.2) is 18.1 Å². The summed E-state index contributed by atoms with van der Waals surface area (Å²) in [5, 5.41) is 5.20. The van der Waals surface area contributed by atoms with Crippen molar-refractivity contribution in [3.8, 4) is 17.0 Å². The van der Waals surface area contributed by atoms with Gasteiger partial charge < -0.3 is 10.1 Å². The summed E-state index contributed by atoms with van der Waals surface area (Å²) in [6, 6.07) is 15.6. The van der Waals surface area contributed by atoms with Gasteiger partial charge in [0.25, 0.3) is 0 Å². The maximum absolute atomic E-state index is 5.43. The maximum atomic E-state index is 5.43. The highest BCUT2D eigenvalue weighted by atomic mass is 16.5. The molecule has 1 N–H and O–H groups in total. The van der Waals surface area contributed by atoms with Gasteiger partial charge in [-0.15, -0.1) is 0 Å². The summed E-state index contributed by atoms with van der Waals surface area (Å²) in [6.07, 6.45) is 8.68. The molecule has 138 valence electrons. The average molecular weight is 358 g/mol. The Bertz CT molecular complexity index is 989.